The summed E-state index contributed by atoms with van der Waals surface area (Å²) in [6.45, 7) is 1.53. The molecule has 0 spiro atoms. The summed E-state index contributed by atoms with van der Waals surface area (Å²) in [6.07, 6.45) is -2.99. The third kappa shape index (κ3) is 15.1. The molecule has 10 rings (SSSR count). The van der Waals surface area contributed by atoms with Gasteiger partial charge in [-0.15, -0.1) is 0 Å². The number of methoxy groups -OCH3 is 2. The Morgan fingerprint density at radius 1 is 0.667 bits per heavy atom. The van der Waals surface area contributed by atoms with Crippen LogP contribution >= 0.6 is 0 Å². The van der Waals surface area contributed by atoms with Crippen molar-refractivity contribution in [2.75, 3.05) is 52.9 Å². The second-order valence-corrected chi connectivity index (χ2v) is 21.6. The van der Waals surface area contributed by atoms with Gasteiger partial charge in [0.2, 0.25) is 5.91 Å². The van der Waals surface area contributed by atoms with E-state index in [1.165, 1.54) is 40.8 Å². The van der Waals surface area contributed by atoms with Crippen molar-refractivity contribution in [1.82, 2.24) is 19.8 Å². The number of ether oxygens (including phenoxy) is 8. The number of ketones is 1. The van der Waals surface area contributed by atoms with E-state index < -0.39 is 53.9 Å². The van der Waals surface area contributed by atoms with Crippen molar-refractivity contribution in [2.24, 2.45) is 0 Å². The third-order valence-corrected chi connectivity index (χ3v) is 15.7. The molecule has 2 aliphatic rings. The fourth-order valence-corrected chi connectivity index (χ4v) is 10.9. The van der Waals surface area contributed by atoms with Gasteiger partial charge in [0.1, 0.15) is 66.1 Å². The predicted molar refractivity (Wildman–Crippen MR) is 331 cm³/mol. The van der Waals surface area contributed by atoms with E-state index >= 15 is 0 Å². The first-order valence-electron chi connectivity index (χ1n) is 29.3. The second kappa shape index (κ2) is 29.0. The van der Waals surface area contributed by atoms with Gasteiger partial charge in [0.05, 0.1) is 40.2 Å². The number of carbonyl (C=O) groups is 6. The first kappa shape index (κ1) is 62.6. The van der Waals surface area contributed by atoms with E-state index in [2.05, 4.69) is 27.8 Å². The Morgan fingerprint density at radius 2 is 1.26 bits per heavy atom. The number of amides is 3. The molecular weight excluding hydrogens is 1150 g/mol. The van der Waals surface area contributed by atoms with Gasteiger partial charge in [0.15, 0.2) is 0 Å². The highest BCUT2D eigenvalue weighted by Gasteiger charge is 2.44. The summed E-state index contributed by atoms with van der Waals surface area (Å²) in [7, 11) is 4.72. The van der Waals surface area contributed by atoms with Crippen molar-refractivity contribution in [2.45, 2.75) is 69.1 Å². The van der Waals surface area contributed by atoms with E-state index in [9.17, 15) is 33.6 Å². The Balaban J connectivity index is 0.695. The lowest BCUT2D eigenvalue weighted by molar-refractivity contribution is -0.156. The molecule has 0 radical (unpaired) electrons. The van der Waals surface area contributed by atoms with Crippen LogP contribution in [0.4, 0.5) is 15.4 Å². The highest BCUT2D eigenvalue weighted by atomic mass is 16.7. The highest BCUT2D eigenvalue weighted by molar-refractivity contribution is 6.03. The number of hydrogen-bond acceptors (Lipinski definition) is 16. The molecule has 1 fully saturated rings. The van der Waals surface area contributed by atoms with Crippen LogP contribution in [0, 0.1) is 0 Å². The van der Waals surface area contributed by atoms with Crippen molar-refractivity contribution >= 4 is 41.6 Å². The Hall–Kier alpha value is -10.4. The molecule has 20 heteroatoms. The largest absolute Gasteiger partial charge is 0.513 e. The van der Waals surface area contributed by atoms with Gasteiger partial charge < -0.3 is 58.2 Å². The monoisotopic (exact) mass is 1220 g/mol. The Kier molecular flexibility index (Phi) is 20.2. The molecule has 0 saturated carbocycles. The number of nitrogens with one attached hydrogen (secondary N) is 2. The number of fused-ring (bicyclic) bond motifs is 3. The normalized spacial score (nSPS) is 14.9. The first-order chi connectivity index (χ1) is 43.7. The van der Waals surface area contributed by atoms with Gasteiger partial charge in [-0.2, -0.15) is 4.98 Å². The van der Waals surface area contributed by atoms with Gasteiger partial charge >= 0.3 is 23.9 Å². The fraction of sp³-hybridized carbons (Fsp3) is 0.257. The third-order valence-electron chi connectivity index (χ3n) is 15.7. The molecule has 1 aromatic heterocycles. The lowest BCUT2D eigenvalue weighted by Crippen LogP contribution is -2.39. The molecular formula is C70H67N5O15. The van der Waals surface area contributed by atoms with E-state index in [1.807, 2.05) is 115 Å². The smallest absolute Gasteiger partial charge is 0.497 e. The van der Waals surface area contributed by atoms with Crippen LogP contribution in [0.2, 0.25) is 0 Å². The van der Waals surface area contributed by atoms with Crippen molar-refractivity contribution in [3.8, 4) is 28.4 Å². The number of carbonyl (C=O) groups excluding carboxylic acids is 6. The summed E-state index contributed by atoms with van der Waals surface area (Å²) < 4.78 is 48.0. The maximum atomic E-state index is 13.8. The zero-order valence-corrected chi connectivity index (χ0v) is 50.0. The number of rotatable bonds is 25. The van der Waals surface area contributed by atoms with E-state index in [0.29, 0.717) is 22.6 Å². The maximum Gasteiger partial charge on any atom is 0.513 e. The van der Waals surface area contributed by atoms with E-state index in [-0.39, 0.29) is 93.3 Å². The molecule has 3 atom stereocenters. The topological polar surface area (TPSA) is 238 Å². The summed E-state index contributed by atoms with van der Waals surface area (Å²) in [5, 5.41) is 5.53. The molecule has 2 N–H and O–H groups in total. The average Bonchev–Trinajstić information content (AvgIpc) is 1.15. The average molecular weight is 1220 g/mol. The van der Waals surface area contributed by atoms with Crippen LogP contribution in [-0.4, -0.2) is 110 Å². The minimum Gasteiger partial charge on any atom is -0.497 e. The summed E-state index contributed by atoms with van der Waals surface area (Å²) in [6, 6.07) is 55.1. The number of aromatic nitrogens is 2. The summed E-state index contributed by atoms with van der Waals surface area (Å²) >= 11 is 0. The molecule has 0 bridgehead atoms. The molecule has 90 heavy (non-hydrogen) atoms. The molecule has 1 saturated heterocycles. The number of benzene rings is 7. The maximum absolute atomic E-state index is 13.8. The minimum atomic E-state index is -1.25. The Morgan fingerprint density at radius 3 is 1.87 bits per heavy atom. The summed E-state index contributed by atoms with van der Waals surface area (Å²) in [5.74, 6) is -0.249. The predicted octanol–water partition coefficient (Wildman–Crippen LogP) is 10.3. The number of likely N-dealkylation sites (N-methyl/N-ethyl adjacent to an activating group) is 1. The minimum absolute atomic E-state index is 0.0123. The van der Waals surface area contributed by atoms with E-state index in [4.69, 9.17) is 37.9 Å². The van der Waals surface area contributed by atoms with Gasteiger partial charge in [0, 0.05) is 44.1 Å². The van der Waals surface area contributed by atoms with Crippen molar-refractivity contribution in [3.63, 3.8) is 0 Å². The number of anilines is 1. The molecule has 1 aliphatic carbocycles. The Labute approximate surface area is 519 Å². The first-order valence-corrected chi connectivity index (χ1v) is 29.3. The van der Waals surface area contributed by atoms with Crippen LogP contribution in [0.3, 0.4) is 0 Å². The molecule has 3 amide bonds. The van der Waals surface area contributed by atoms with E-state index in [1.54, 1.807) is 57.7 Å². The summed E-state index contributed by atoms with van der Waals surface area (Å²) in [5.41, 5.74) is 6.37. The van der Waals surface area contributed by atoms with Gasteiger partial charge in [-0.3, -0.25) is 19.0 Å². The van der Waals surface area contributed by atoms with Crippen LogP contribution in [0.1, 0.15) is 87.6 Å². The summed E-state index contributed by atoms with van der Waals surface area (Å²) in [4.78, 5) is 96.0. The quantitative estimate of drug-likeness (QED) is 0.0234. The van der Waals surface area contributed by atoms with Gasteiger partial charge in [-0.25, -0.2) is 14.4 Å². The van der Waals surface area contributed by atoms with Gasteiger partial charge in [0.25, 0.3) is 5.91 Å². The van der Waals surface area contributed by atoms with Crippen LogP contribution in [0.5, 0.6) is 17.2 Å². The number of Topliss-reactive ketones (excluding diaryl/α,β-unsaturated/α-hetero) is 1. The number of nitrogens with zero attached hydrogens (tertiary/aromatic N) is 3. The molecule has 20 nitrogen and oxygen atoms in total. The van der Waals surface area contributed by atoms with Gasteiger partial charge in [-0.1, -0.05) is 127 Å². The van der Waals surface area contributed by atoms with Crippen LogP contribution in [0.25, 0.3) is 11.1 Å². The van der Waals surface area contributed by atoms with Crippen molar-refractivity contribution < 1.29 is 66.7 Å². The Bertz CT molecular complexity index is 3800. The van der Waals surface area contributed by atoms with Crippen molar-refractivity contribution in [3.05, 3.63) is 243 Å². The zero-order valence-electron chi connectivity index (χ0n) is 50.0. The van der Waals surface area contributed by atoms with Gasteiger partial charge in [-0.05, 0) is 112 Å². The lowest BCUT2D eigenvalue weighted by Gasteiger charge is -2.37. The van der Waals surface area contributed by atoms with Crippen molar-refractivity contribution in [1.29, 1.82) is 0 Å². The van der Waals surface area contributed by atoms with E-state index in [0.717, 1.165) is 38.9 Å². The molecule has 0 unspecified atom stereocenters. The molecule has 8 aromatic rings. The van der Waals surface area contributed by atoms with Crippen LogP contribution < -0.4 is 30.5 Å². The molecule has 7 aromatic carbocycles. The zero-order chi connectivity index (χ0) is 63.2. The standard InChI is InChI=1S/C70H67N5O15/c1-45(76)18-35-65(78)90-60-41-64(89-61(60)44-87-70(49-12-6-5-7-13-49,50-25-31-52(83-3)32-26-50)51-27-33-53(84-4)34-28-51)75-37-36-62(73-67(75)80)72-66(79)48-23-19-47(20-24-48)42-71-63(77)40-46-21-29-54(30-22-46)88-69(82)85-39-38-74(2)68(81)86-43-59-57-16-10-8-14-55(57)56-15-9-11-17-58(56)59/h5-17,19-34,36-37,59-61,64H,18,35,38-44H2,1-4H3,(H,71,77)(H,72,73,79,80)/t60-,61-,64-/m1/s1. The highest BCUT2D eigenvalue weighted by Crippen LogP contribution is 2.45. The second-order valence-electron chi connectivity index (χ2n) is 21.6. The van der Waals surface area contributed by atoms with Crippen LogP contribution in [0.15, 0.2) is 193 Å². The SMILES string of the molecule is COc1ccc(C(OC[C@H]2O[C@@H](n3ccc(NC(=O)c4ccc(CNC(=O)Cc5ccc(OC(=O)OCCN(C)C(=O)OCC6c7ccccc7-c7ccccc76)cc5)cc4)nc3=O)C[C@H]2OC(=O)CCC(C)=O)(c2ccccc2)c2ccc(OC)cc2)cc1. The molecule has 2 heterocycles. The molecule has 1 aliphatic heterocycles. The number of hydrogen-bond donors (Lipinski definition) is 2. The number of esters is 1. The van der Waals surface area contributed by atoms with Crippen LogP contribution in [-0.2, 0) is 56.6 Å². The molecule has 462 valence electrons. The fourth-order valence-electron chi connectivity index (χ4n) is 10.9. The lowest BCUT2D eigenvalue weighted by atomic mass is 9.80.